The molecule has 0 aliphatic rings. The molecular formula is C9H10LiO6S+. The van der Waals surface area contributed by atoms with Gasteiger partial charge in [0.15, 0.2) is 5.78 Å². The number of rotatable bonds is 3. The van der Waals surface area contributed by atoms with Crippen molar-refractivity contribution in [2.75, 3.05) is 0 Å². The fourth-order valence-electron chi connectivity index (χ4n) is 1.02. The number of hydrogen-bond acceptors (Lipinski definition) is 5. The maximum Gasteiger partial charge on any atom is 1.00 e. The Morgan fingerprint density at radius 1 is 1.12 bits per heavy atom. The van der Waals surface area contributed by atoms with Gasteiger partial charge in [0.1, 0.15) is 0 Å². The molecule has 0 atom stereocenters. The molecule has 0 aliphatic carbocycles. The largest absolute Gasteiger partial charge is 1.00 e. The summed E-state index contributed by atoms with van der Waals surface area (Å²) in [6.07, 6.45) is 0. The maximum atomic E-state index is 11.0. The Morgan fingerprint density at radius 3 is 1.94 bits per heavy atom. The molecule has 0 saturated carbocycles. The smallest absolute Gasteiger partial charge is 0.478 e. The summed E-state index contributed by atoms with van der Waals surface area (Å²) in [7, 11) is -2.55. The van der Waals surface area contributed by atoms with Crippen LogP contribution in [-0.2, 0) is 24.6 Å². The van der Waals surface area contributed by atoms with Crippen molar-refractivity contribution in [1.82, 2.24) is 0 Å². The maximum absolute atomic E-state index is 11.0. The van der Waals surface area contributed by atoms with Gasteiger partial charge in [-0.2, -0.15) is 0 Å². The Hall–Kier alpha value is -1.13. The molecule has 0 fully saturated rings. The van der Waals surface area contributed by atoms with Crippen LogP contribution >= 0.6 is 0 Å². The molecule has 4 N–H and O–H groups in total. The van der Waals surface area contributed by atoms with E-state index in [4.69, 9.17) is 5.11 Å². The van der Waals surface area contributed by atoms with E-state index in [1.807, 2.05) is 0 Å². The third kappa shape index (κ3) is 4.71. The zero-order chi connectivity index (χ0) is 11.6. The van der Waals surface area contributed by atoms with E-state index in [0.717, 1.165) is 18.2 Å². The molecule has 88 valence electrons. The first-order chi connectivity index (χ1) is 6.91. The minimum Gasteiger partial charge on any atom is -0.478 e. The summed E-state index contributed by atoms with van der Waals surface area (Å²) in [4.78, 5) is 21.4. The second-order valence-electron chi connectivity index (χ2n) is 2.84. The van der Waals surface area contributed by atoms with E-state index < -0.39 is 16.7 Å². The van der Waals surface area contributed by atoms with Gasteiger partial charge in [0.25, 0.3) is 0 Å². The first-order valence-electron chi connectivity index (χ1n) is 3.90. The zero-order valence-electron chi connectivity index (χ0n) is 9.30. The standard InChI is InChI=1S/C9H7O5S.Li.H2O/c1-5(10)6-2-7(9(11)12)4-8(3-6)15(13)14;;/h2-4H,1H3,(H,11,12);;1H2/q-1;+1;/p+1. The van der Waals surface area contributed by atoms with Crippen LogP contribution in [0, 0.1) is 0 Å². The van der Waals surface area contributed by atoms with Gasteiger partial charge < -0.3 is 19.0 Å². The van der Waals surface area contributed by atoms with Gasteiger partial charge in [0.05, 0.1) is 5.56 Å². The van der Waals surface area contributed by atoms with Crippen molar-refractivity contribution in [1.29, 1.82) is 0 Å². The van der Waals surface area contributed by atoms with Crippen LogP contribution in [0.4, 0.5) is 0 Å². The summed E-state index contributed by atoms with van der Waals surface area (Å²) in [5.41, 5.74) is -0.156. The summed E-state index contributed by atoms with van der Waals surface area (Å²) in [5.74, 6) is -1.66. The molecule has 0 unspecified atom stereocenters. The Morgan fingerprint density at radius 2 is 1.59 bits per heavy atom. The Balaban J connectivity index is 0. The van der Waals surface area contributed by atoms with E-state index >= 15 is 0 Å². The number of carbonyl (C=O) groups excluding carboxylic acids is 1. The van der Waals surface area contributed by atoms with Gasteiger partial charge in [-0.15, -0.1) is 0 Å². The minimum atomic E-state index is -2.55. The van der Waals surface area contributed by atoms with Gasteiger partial charge >= 0.3 is 24.8 Å². The Bertz CT molecular complexity index is 468. The van der Waals surface area contributed by atoms with Crippen LogP contribution in [0.2, 0.25) is 0 Å². The van der Waals surface area contributed by atoms with Crippen LogP contribution in [0.3, 0.4) is 0 Å². The number of carboxylic acids is 1. The second-order valence-corrected chi connectivity index (χ2v) is 3.78. The molecule has 0 heterocycles. The van der Waals surface area contributed by atoms with Crippen molar-refractivity contribution in [3.8, 4) is 0 Å². The van der Waals surface area contributed by atoms with Gasteiger partial charge in [-0.05, 0) is 23.7 Å². The molecule has 1 rings (SSSR count). The van der Waals surface area contributed by atoms with Crippen LogP contribution in [0.15, 0.2) is 23.1 Å². The molecule has 0 saturated heterocycles. The van der Waals surface area contributed by atoms with Gasteiger partial charge in [-0.3, -0.25) is 4.79 Å². The van der Waals surface area contributed by atoms with Crippen molar-refractivity contribution >= 4 is 22.5 Å². The molecule has 0 aliphatic heterocycles. The molecular weight excluding hydrogens is 243 g/mol. The van der Waals surface area contributed by atoms with E-state index in [9.17, 15) is 18.0 Å². The Kier molecular flexibility index (Phi) is 7.77. The van der Waals surface area contributed by atoms with Crippen molar-refractivity contribution in [2.24, 2.45) is 0 Å². The summed E-state index contributed by atoms with van der Waals surface area (Å²) >= 11 is 0. The van der Waals surface area contributed by atoms with E-state index in [1.54, 1.807) is 0 Å². The molecule has 17 heavy (non-hydrogen) atoms. The molecule has 1 aromatic carbocycles. The van der Waals surface area contributed by atoms with Crippen LogP contribution in [0.25, 0.3) is 0 Å². The summed E-state index contributed by atoms with van der Waals surface area (Å²) in [6, 6.07) is 3.27. The summed E-state index contributed by atoms with van der Waals surface area (Å²) in [5, 5.41) is 8.68. The first kappa shape index (κ1) is 18.2. The minimum absolute atomic E-state index is 0. The molecule has 0 amide bonds. The van der Waals surface area contributed by atoms with Crippen molar-refractivity contribution < 1.29 is 47.5 Å². The molecule has 0 radical (unpaired) electrons. The fourth-order valence-corrected chi connectivity index (χ4v) is 1.47. The number of carbonyl (C=O) groups is 2. The SMILES string of the molecule is CC(=O)c1cc(C(=O)O)cc([S-](=O)=O)c1.[Li+].[OH3+]. The predicted octanol–water partition coefficient (Wildman–Crippen LogP) is -2.66. The summed E-state index contributed by atoms with van der Waals surface area (Å²) in [6.45, 7) is 1.23. The molecule has 0 spiro atoms. The molecule has 1 aromatic rings. The number of aromatic carboxylic acids is 1. The van der Waals surface area contributed by atoms with Crippen LogP contribution < -0.4 is 18.9 Å². The summed E-state index contributed by atoms with van der Waals surface area (Å²) < 4.78 is 21.3. The van der Waals surface area contributed by atoms with Crippen molar-refractivity contribution in [2.45, 2.75) is 11.8 Å². The Labute approximate surface area is 111 Å². The number of carboxylic acid groups (broad SMARTS) is 1. The number of benzene rings is 1. The van der Waals surface area contributed by atoms with E-state index in [2.05, 4.69) is 0 Å². The van der Waals surface area contributed by atoms with Crippen LogP contribution in [0.5, 0.6) is 0 Å². The van der Waals surface area contributed by atoms with E-state index in [0.29, 0.717) is 0 Å². The average molecular weight is 253 g/mol. The zero-order valence-corrected chi connectivity index (χ0v) is 10.1. The van der Waals surface area contributed by atoms with Crippen molar-refractivity contribution in [3.63, 3.8) is 0 Å². The average Bonchev–Trinajstić information content (AvgIpc) is 2.16. The topological polar surface area (TPSA) is 122 Å². The van der Waals surface area contributed by atoms with Gasteiger partial charge in [0, 0.05) is 5.56 Å². The molecule has 0 bridgehead atoms. The third-order valence-corrected chi connectivity index (χ3v) is 2.37. The van der Waals surface area contributed by atoms with E-state index in [-0.39, 0.29) is 46.1 Å². The second kappa shape index (κ2) is 7.24. The number of ketones is 1. The van der Waals surface area contributed by atoms with Crippen LogP contribution in [0.1, 0.15) is 27.6 Å². The normalized spacial score (nSPS) is 9.06. The third-order valence-electron chi connectivity index (χ3n) is 1.75. The molecule has 0 aromatic heterocycles. The monoisotopic (exact) mass is 253 g/mol. The predicted molar refractivity (Wildman–Crippen MR) is 55.3 cm³/mol. The molecule has 8 heteroatoms. The van der Waals surface area contributed by atoms with E-state index in [1.165, 1.54) is 6.92 Å². The first-order valence-corrected chi connectivity index (χ1v) is 4.98. The van der Waals surface area contributed by atoms with Crippen molar-refractivity contribution in [3.05, 3.63) is 29.3 Å². The quantitative estimate of drug-likeness (QED) is 0.272. The van der Waals surface area contributed by atoms with Crippen LogP contribution in [-0.4, -0.2) is 16.9 Å². The van der Waals surface area contributed by atoms with Gasteiger partial charge in [-0.25, -0.2) is 4.79 Å². The molecule has 6 nitrogen and oxygen atoms in total. The fraction of sp³-hybridized carbons (Fsp3) is 0.111. The number of Topliss-reactive ketones (excluding diaryl/α,β-unsaturated/α-hetero) is 1. The van der Waals surface area contributed by atoms with Gasteiger partial charge in [0.2, 0.25) is 0 Å². The van der Waals surface area contributed by atoms with Gasteiger partial charge in [-0.1, -0.05) is 17.0 Å². The number of hydrogen-bond donors (Lipinski definition) is 1.